The number of rotatable bonds is 5. The summed E-state index contributed by atoms with van der Waals surface area (Å²) >= 11 is 0. The van der Waals surface area contributed by atoms with Crippen molar-refractivity contribution in [1.29, 1.82) is 0 Å². The van der Waals surface area contributed by atoms with E-state index in [1.165, 1.54) is 12.8 Å². The molecule has 0 saturated carbocycles. The number of cyclic esters (lactones) is 1. The number of nitrogens with zero attached hydrogens (tertiary/aromatic N) is 3. The Bertz CT molecular complexity index is 687. The van der Waals surface area contributed by atoms with Gasteiger partial charge in [-0.3, -0.25) is 19.6 Å². The van der Waals surface area contributed by atoms with Crippen molar-refractivity contribution in [3.8, 4) is 0 Å². The Morgan fingerprint density at radius 3 is 2.74 bits per heavy atom. The van der Waals surface area contributed by atoms with Gasteiger partial charge in [-0.1, -0.05) is 13.3 Å². The minimum Gasteiger partial charge on any atom is -0.461 e. The number of aromatic nitrogens is 2. The molecule has 7 nitrogen and oxygen atoms in total. The van der Waals surface area contributed by atoms with E-state index >= 15 is 0 Å². The Morgan fingerprint density at radius 1 is 1.30 bits per heavy atom. The van der Waals surface area contributed by atoms with Crippen LogP contribution in [0.4, 0.5) is 0 Å². The molecule has 0 radical (unpaired) electrons. The van der Waals surface area contributed by atoms with Crippen LogP contribution in [0.3, 0.4) is 0 Å². The highest BCUT2D eigenvalue weighted by Crippen LogP contribution is 2.43. The summed E-state index contributed by atoms with van der Waals surface area (Å²) in [6.45, 7) is 6.40. The van der Waals surface area contributed by atoms with E-state index in [4.69, 9.17) is 4.74 Å². The van der Waals surface area contributed by atoms with Gasteiger partial charge in [0.25, 0.3) is 5.91 Å². The number of hydrogen-bond donors (Lipinski definition) is 1. The number of esters is 1. The molecule has 27 heavy (non-hydrogen) atoms. The van der Waals surface area contributed by atoms with Gasteiger partial charge in [-0.05, 0) is 51.3 Å². The molecule has 1 aromatic rings. The second-order valence-corrected chi connectivity index (χ2v) is 8.34. The molecule has 3 aliphatic heterocycles. The Hall–Kier alpha value is -1.89. The third kappa shape index (κ3) is 3.74. The Morgan fingerprint density at radius 2 is 2.04 bits per heavy atom. The highest BCUT2D eigenvalue weighted by atomic mass is 16.6. The maximum absolute atomic E-state index is 12.7. The molecule has 3 aliphatic rings. The van der Waals surface area contributed by atoms with E-state index in [0.717, 1.165) is 44.6 Å². The van der Waals surface area contributed by atoms with E-state index in [1.54, 1.807) is 0 Å². The van der Waals surface area contributed by atoms with Gasteiger partial charge in [0.15, 0.2) is 0 Å². The van der Waals surface area contributed by atoms with Gasteiger partial charge in [-0.25, -0.2) is 0 Å². The highest BCUT2D eigenvalue weighted by molar-refractivity contribution is 5.92. The number of piperidine rings is 1. The van der Waals surface area contributed by atoms with Crippen molar-refractivity contribution in [2.75, 3.05) is 32.7 Å². The molecule has 0 bridgehead atoms. The van der Waals surface area contributed by atoms with Gasteiger partial charge in [-0.15, -0.1) is 0 Å². The molecular formula is C20H30N4O3. The highest BCUT2D eigenvalue weighted by Gasteiger charge is 2.51. The lowest BCUT2D eigenvalue weighted by atomic mass is 9.76. The smallest absolute Gasteiger partial charge is 0.312 e. The molecule has 1 aromatic heterocycles. The number of aromatic amines is 1. The largest absolute Gasteiger partial charge is 0.461 e. The van der Waals surface area contributed by atoms with Crippen molar-refractivity contribution >= 4 is 11.9 Å². The molecular weight excluding hydrogens is 344 g/mol. The summed E-state index contributed by atoms with van der Waals surface area (Å²) in [5.41, 5.74) is 1.09. The molecule has 3 saturated heterocycles. The molecule has 1 N–H and O–H groups in total. The molecule has 0 aliphatic carbocycles. The van der Waals surface area contributed by atoms with Crippen LogP contribution in [0.1, 0.15) is 61.6 Å². The van der Waals surface area contributed by atoms with Crippen LogP contribution in [0.15, 0.2) is 6.07 Å². The second-order valence-electron chi connectivity index (χ2n) is 8.34. The number of amides is 1. The van der Waals surface area contributed by atoms with Gasteiger partial charge in [0.2, 0.25) is 0 Å². The second kappa shape index (κ2) is 7.62. The van der Waals surface area contributed by atoms with E-state index in [0.29, 0.717) is 31.6 Å². The minimum atomic E-state index is -0.389. The average Bonchev–Trinajstić information content (AvgIpc) is 3.39. The fraction of sp³-hybridized carbons (Fsp3) is 0.750. The summed E-state index contributed by atoms with van der Waals surface area (Å²) in [6, 6.07) is 1.85. The first-order valence-corrected chi connectivity index (χ1v) is 10.4. The van der Waals surface area contributed by atoms with Crippen LogP contribution >= 0.6 is 0 Å². The van der Waals surface area contributed by atoms with Crippen molar-refractivity contribution in [3.05, 3.63) is 17.5 Å². The molecule has 148 valence electrons. The van der Waals surface area contributed by atoms with Crippen LogP contribution in [0.25, 0.3) is 0 Å². The molecule has 1 unspecified atom stereocenters. The normalized spacial score (nSPS) is 25.3. The van der Waals surface area contributed by atoms with Gasteiger partial charge in [0.1, 0.15) is 11.8 Å². The van der Waals surface area contributed by atoms with E-state index in [-0.39, 0.29) is 23.4 Å². The van der Waals surface area contributed by atoms with Crippen LogP contribution in [0.2, 0.25) is 0 Å². The SMILES string of the molecule is CCCc1cc(C(=O)N2CCC3(CC2)CC(CN2CCCC2)OC3=O)n[nH]1. The monoisotopic (exact) mass is 374 g/mol. The number of H-pyrrole nitrogens is 1. The summed E-state index contributed by atoms with van der Waals surface area (Å²) in [5, 5.41) is 7.12. The van der Waals surface area contributed by atoms with E-state index in [1.807, 2.05) is 11.0 Å². The fourth-order valence-electron chi connectivity index (χ4n) is 4.77. The predicted molar refractivity (Wildman–Crippen MR) is 100 cm³/mol. The van der Waals surface area contributed by atoms with Gasteiger partial charge in [-0.2, -0.15) is 5.10 Å². The van der Waals surface area contributed by atoms with Crippen LogP contribution in [0.5, 0.6) is 0 Å². The van der Waals surface area contributed by atoms with Crippen LogP contribution < -0.4 is 0 Å². The summed E-state index contributed by atoms with van der Waals surface area (Å²) in [6.07, 6.45) is 6.61. The molecule has 4 heterocycles. The van der Waals surface area contributed by atoms with Gasteiger partial charge >= 0.3 is 5.97 Å². The fourth-order valence-corrected chi connectivity index (χ4v) is 4.77. The molecule has 1 spiro atoms. The zero-order chi connectivity index (χ0) is 18.9. The van der Waals surface area contributed by atoms with E-state index in [2.05, 4.69) is 22.0 Å². The van der Waals surface area contributed by atoms with E-state index < -0.39 is 0 Å². The molecule has 7 heteroatoms. The molecule has 0 aromatic carbocycles. The number of hydrogen-bond acceptors (Lipinski definition) is 5. The minimum absolute atomic E-state index is 0.0146. The van der Waals surface area contributed by atoms with Crippen molar-refractivity contribution in [2.45, 2.75) is 58.0 Å². The van der Waals surface area contributed by atoms with Gasteiger partial charge in [0, 0.05) is 31.7 Å². The number of carbonyl (C=O) groups excluding carboxylic acids is 2. The number of nitrogens with one attached hydrogen (secondary N) is 1. The Kier molecular flexibility index (Phi) is 5.21. The third-order valence-electron chi connectivity index (χ3n) is 6.36. The maximum atomic E-state index is 12.7. The predicted octanol–water partition coefficient (Wildman–Crippen LogP) is 2.00. The third-order valence-corrected chi connectivity index (χ3v) is 6.36. The summed E-state index contributed by atoms with van der Waals surface area (Å²) < 4.78 is 5.73. The van der Waals surface area contributed by atoms with E-state index in [9.17, 15) is 9.59 Å². The number of aryl methyl sites for hydroxylation is 1. The molecule has 1 atom stereocenters. The molecule has 4 rings (SSSR count). The Labute approximate surface area is 160 Å². The van der Waals surface area contributed by atoms with Gasteiger partial charge < -0.3 is 9.64 Å². The molecule has 1 amide bonds. The lowest BCUT2D eigenvalue weighted by molar-refractivity contribution is -0.150. The summed E-state index contributed by atoms with van der Waals surface area (Å²) in [7, 11) is 0. The quantitative estimate of drug-likeness (QED) is 0.798. The first-order chi connectivity index (χ1) is 13.1. The summed E-state index contributed by atoms with van der Waals surface area (Å²) in [5.74, 6) is -0.0905. The van der Waals surface area contributed by atoms with Crippen LogP contribution in [-0.2, 0) is 16.0 Å². The van der Waals surface area contributed by atoms with Crippen molar-refractivity contribution in [3.63, 3.8) is 0 Å². The first kappa shape index (κ1) is 18.5. The molecule has 3 fully saturated rings. The first-order valence-electron chi connectivity index (χ1n) is 10.4. The van der Waals surface area contributed by atoms with Crippen LogP contribution in [0, 0.1) is 5.41 Å². The average molecular weight is 374 g/mol. The zero-order valence-electron chi connectivity index (χ0n) is 16.2. The number of carbonyl (C=O) groups is 2. The van der Waals surface area contributed by atoms with Crippen molar-refractivity contribution < 1.29 is 14.3 Å². The standard InChI is InChI=1S/C20H30N4O3/c1-2-5-15-12-17(22-21-15)18(25)24-10-6-20(7-11-24)13-16(27-19(20)26)14-23-8-3-4-9-23/h12,16H,2-11,13-14H2,1H3,(H,21,22). The number of likely N-dealkylation sites (tertiary alicyclic amines) is 2. The Balaban J connectivity index is 1.33. The van der Waals surface area contributed by atoms with Gasteiger partial charge in [0.05, 0.1) is 5.41 Å². The van der Waals surface area contributed by atoms with Crippen molar-refractivity contribution in [2.24, 2.45) is 5.41 Å². The topological polar surface area (TPSA) is 78.5 Å². The zero-order valence-corrected chi connectivity index (χ0v) is 16.2. The maximum Gasteiger partial charge on any atom is 0.312 e. The van der Waals surface area contributed by atoms with Crippen molar-refractivity contribution in [1.82, 2.24) is 20.0 Å². The number of ether oxygens (including phenoxy) is 1. The lowest BCUT2D eigenvalue weighted by Gasteiger charge is -2.36. The lowest BCUT2D eigenvalue weighted by Crippen LogP contribution is -2.45. The van der Waals surface area contributed by atoms with Crippen LogP contribution in [-0.4, -0.2) is 70.7 Å². The summed E-state index contributed by atoms with van der Waals surface area (Å²) in [4.78, 5) is 29.5.